The fourth-order valence-corrected chi connectivity index (χ4v) is 1.75. The molecular weight excluding hydrogens is 226 g/mol. The molecule has 2 rings (SSSR count). The van der Waals surface area contributed by atoms with E-state index in [9.17, 15) is 4.79 Å². The molecule has 0 aliphatic heterocycles. The highest BCUT2D eigenvalue weighted by Crippen LogP contribution is 2.30. The molecule has 0 saturated carbocycles. The summed E-state index contributed by atoms with van der Waals surface area (Å²) >= 11 is 6.10. The van der Waals surface area contributed by atoms with Gasteiger partial charge in [0.2, 0.25) is 5.56 Å². The molecule has 2 aromatic rings. The molecule has 1 heterocycles. The van der Waals surface area contributed by atoms with Crippen molar-refractivity contribution in [3.63, 3.8) is 0 Å². The lowest BCUT2D eigenvalue weighted by Crippen LogP contribution is -2.02. The van der Waals surface area contributed by atoms with Gasteiger partial charge in [-0.25, -0.2) is 0 Å². The lowest BCUT2D eigenvalue weighted by molar-refractivity contribution is 0.415. The highest BCUT2D eigenvalue weighted by Gasteiger charge is 2.05. The zero-order chi connectivity index (χ0) is 11.5. The molecule has 0 aliphatic rings. The molecule has 0 fully saturated rings. The first-order chi connectivity index (χ1) is 7.70. The van der Waals surface area contributed by atoms with Crippen LogP contribution in [0.3, 0.4) is 0 Å². The molecule has 16 heavy (non-hydrogen) atoms. The Balaban J connectivity index is 2.52. The quantitative estimate of drug-likeness (QED) is 0.870. The number of nitrogens with one attached hydrogen (secondary N) is 1. The van der Waals surface area contributed by atoms with Gasteiger partial charge < -0.3 is 9.72 Å². The summed E-state index contributed by atoms with van der Waals surface area (Å²) in [7, 11) is 1.58. The number of rotatable bonds is 2. The van der Waals surface area contributed by atoms with Crippen molar-refractivity contribution in [3.05, 3.63) is 51.9 Å². The number of pyridine rings is 1. The van der Waals surface area contributed by atoms with Gasteiger partial charge in [0, 0.05) is 17.8 Å². The summed E-state index contributed by atoms with van der Waals surface area (Å²) in [4.78, 5) is 13.7. The number of methoxy groups -OCH3 is 1. The molecule has 1 aromatic carbocycles. The van der Waals surface area contributed by atoms with Crippen LogP contribution in [0.2, 0.25) is 5.02 Å². The van der Waals surface area contributed by atoms with E-state index in [2.05, 4.69) is 4.98 Å². The van der Waals surface area contributed by atoms with Crippen LogP contribution < -0.4 is 10.3 Å². The van der Waals surface area contributed by atoms with Crippen molar-refractivity contribution >= 4 is 11.6 Å². The van der Waals surface area contributed by atoms with Gasteiger partial charge in [0.1, 0.15) is 5.75 Å². The van der Waals surface area contributed by atoms with Crippen LogP contribution in [0.25, 0.3) is 11.1 Å². The van der Waals surface area contributed by atoms with Gasteiger partial charge in [-0.05, 0) is 29.8 Å². The van der Waals surface area contributed by atoms with Crippen LogP contribution in [0.4, 0.5) is 0 Å². The topological polar surface area (TPSA) is 42.1 Å². The van der Waals surface area contributed by atoms with E-state index in [1.54, 1.807) is 25.4 Å². The van der Waals surface area contributed by atoms with Crippen molar-refractivity contribution in [2.24, 2.45) is 0 Å². The summed E-state index contributed by atoms with van der Waals surface area (Å²) in [6.45, 7) is 0. The van der Waals surface area contributed by atoms with E-state index in [1.807, 2.05) is 12.1 Å². The second kappa shape index (κ2) is 4.41. The molecule has 0 bridgehead atoms. The zero-order valence-corrected chi connectivity index (χ0v) is 9.41. The third kappa shape index (κ3) is 2.09. The number of ether oxygens (including phenoxy) is 1. The molecule has 4 heteroatoms. The average molecular weight is 236 g/mol. The Morgan fingerprint density at radius 3 is 2.69 bits per heavy atom. The van der Waals surface area contributed by atoms with Crippen molar-refractivity contribution in [1.29, 1.82) is 0 Å². The number of hydrogen-bond donors (Lipinski definition) is 1. The summed E-state index contributed by atoms with van der Waals surface area (Å²) in [5.74, 6) is 0.693. The van der Waals surface area contributed by atoms with E-state index in [4.69, 9.17) is 16.3 Å². The van der Waals surface area contributed by atoms with Gasteiger partial charge in [-0.3, -0.25) is 4.79 Å². The highest BCUT2D eigenvalue weighted by molar-refractivity contribution is 6.33. The summed E-state index contributed by atoms with van der Waals surface area (Å²) in [6, 6.07) is 8.67. The molecule has 82 valence electrons. The second-order valence-electron chi connectivity index (χ2n) is 3.29. The van der Waals surface area contributed by atoms with Crippen molar-refractivity contribution in [3.8, 4) is 16.9 Å². The minimum absolute atomic E-state index is 0.149. The zero-order valence-electron chi connectivity index (χ0n) is 8.66. The number of aromatic amines is 1. The molecule has 0 saturated heterocycles. The van der Waals surface area contributed by atoms with Crippen LogP contribution in [0.15, 0.2) is 41.3 Å². The maximum atomic E-state index is 11.2. The van der Waals surface area contributed by atoms with E-state index in [0.717, 1.165) is 11.1 Å². The van der Waals surface area contributed by atoms with Gasteiger partial charge in [-0.2, -0.15) is 0 Å². The second-order valence-corrected chi connectivity index (χ2v) is 3.69. The first-order valence-corrected chi connectivity index (χ1v) is 5.11. The predicted octanol–water partition coefficient (Wildman–Crippen LogP) is 2.70. The lowest BCUT2D eigenvalue weighted by atomic mass is 10.1. The molecule has 0 aliphatic carbocycles. The summed E-state index contributed by atoms with van der Waals surface area (Å²) in [5, 5.41) is 0.560. The van der Waals surface area contributed by atoms with E-state index < -0.39 is 0 Å². The Labute approximate surface area is 97.7 Å². The van der Waals surface area contributed by atoms with Crippen LogP contribution in [-0.2, 0) is 0 Å². The molecule has 0 spiro atoms. The van der Waals surface area contributed by atoms with Gasteiger partial charge in [0.05, 0.1) is 12.1 Å². The van der Waals surface area contributed by atoms with Gasteiger partial charge in [0.15, 0.2) is 0 Å². The molecule has 0 atom stereocenters. The number of aromatic nitrogens is 1. The summed E-state index contributed by atoms with van der Waals surface area (Å²) < 4.78 is 5.06. The number of hydrogen-bond acceptors (Lipinski definition) is 2. The third-order valence-electron chi connectivity index (χ3n) is 2.26. The Morgan fingerprint density at radius 2 is 2.06 bits per heavy atom. The van der Waals surface area contributed by atoms with E-state index in [-0.39, 0.29) is 5.56 Å². The Morgan fingerprint density at radius 1 is 1.25 bits per heavy atom. The lowest BCUT2D eigenvalue weighted by Gasteiger charge is -2.06. The van der Waals surface area contributed by atoms with E-state index in [0.29, 0.717) is 10.8 Å². The average Bonchev–Trinajstić information content (AvgIpc) is 2.28. The fraction of sp³-hybridized carbons (Fsp3) is 0.0833. The fourth-order valence-electron chi connectivity index (χ4n) is 1.47. The minimum Gasteiger partial charge on any atom is -0.497 e. The predicted molar refractivity (Wildman–Crippen MR) is 64.1 cm³/mol. The third-order valence-corrected chi connectivity index (χ3v) is 2.58. The molecule has 1 N–H and O–H groups in total. The van der Waals surface area contributed by atoms with E-state index in [1.165, 1.54) is 6.07 Å². The van der Waals surface area contributed by atoms with Crippen molar-refractivity contribution in [1.82, 2.24) is 4.98 Å². The van der Waals surface area contributed by atoms with Gasteiger partial charge in [0.25, 0.3) is 0 Å². The molecular formula is C12H10ClNO2. The van der Waals surface area contributed by atoms with Crippen molar-refractivity contribution < 1.29 is 4.74 Å². The van der Waals surface area contributed by atoms with Gasteiger partial charge in [-0.1, -0.05) is 11.6 Å². The highest BCUT2D eigenvalue weighted by atomic mass is 35.5. The van der Waals surface area contributed by atoms with Gasteiger partial charge >= 0.3 is 0 Å². The minimum atomic E-state index is -0.149. The number of halogens is 1. The van der Waals surface area contributed by atoms with Crippen LogP contribution in [0, 0.1) is 0 Å². The van der Waals surface area contributed by atoms with Crippen molar-refractivity contribution in [2.45, 2.75) is 0 Å². The first kappa shape index (κ1) is 10.8. The summed E-state index contributed by atoms with van der Waals surface area (Å²) in [6.07, 6.45) is 1.60. The summed E-state index contributed by atoms with van der Waals surface area (Å²) in [5.41, 5.74) is 1.45. The smallest absolute Gasteiger partial charge is 0.248 e. The first-order valence-electron chi connectivity index (χ1n) is 4.73. The van der Waals surface area contributed by atoms with Crippen LogP contribution >= 0.6 is 11.6 Å². The molecule has 3 nitrogen and oxygen atoms in total. The van der Waals surface area contributed by atoms with Crippen LogP contribution in [0.1, 0.15) is 0 Å². The normalized spacial score (nSPS) is 10.1. The Hall–Kier alpha value is -1.74. The molecule has 1 aromatic heterocycles. The number of H-pyrrole nitrogens is 1. The van der Waals surface area contributed by atoms with Crippen molar-refractivity contribution in [2.75, 3.05) is 7.11 Å². The monoisotopic (exact) mass is 235 g/mol. The van der Waals surface area contributed by atoms with Gasteiger partial charge in [-0.15, -0.1) is 0 Å². The SMILES string of the molecule is COc1ccc(-c2cc[nH]c(=O)c2)c(Cl)c1. The largest absolute Gasteiger partial charge is 0.497 e. The number of benzene rings is 1. The maximum absolute atomic E-state index is 11.2. The Kier molecular flexibility index (Phi) is 2.97. The molecule has 0 radical (unpaired) electrons. The van der Waals surface area contributed by atoms with Crippen LogP contribution in [-0.4, -0.2) is 12.1 Å². The molecule has 0 amide bonds. The maximum Gasteiger partial charge on any atom is 0.248 e. The molecule has 0 unspecified atom stereocenters. The van der Waals surface area contributed by atoms with E-state index >= 15 is 0 Å². The standard InChI is InChI=1S/C12H10ClNO2/c1-16-9-2-3-10(11(13)7-9)8-4-5-14-12(15)6-8/h2-7H,1H3,(H,14,15). The van der Waals surface area contributed by atoms with Crippen LogP contribution in [0.5, 0.6) is 5.75 Å². The Bertz CT molecular complexity index is 563.